The molecule has 0 aliphatic carbocycles. The summed E-state index contributed by atoms with van der Waals surface area (Å²) in [7, 11) is 6.07. The second-order valence-corrected chi connectivity index (χ2v) is 6.56. The van der Waals surface area contributed by atoms with E-state index in [0.29, 0.717) is 30.3 Å². The van der Waals surface area contributed by atoms with Crippen LogP contribution in [0.4, 0.5) is 5.69 Å². The number of aryl methyl sites for hydroxylation is 1. The fraction of sp³-hybridized carbons (Fsp3) is 0.421. The second kappa shape index (κ2) is 9.62. The van der Waals surface area contributed by atoms with Crippen molar-refractivity contribution in [1.82, 2.24) is 15.1 Å². The van der Waals surface area contributed by atoms with Crippen LogP contribution in [0.5, 0.6) is 11.5 Å². The zero-order valence-corrected chi connectivity index (χ0v) is 17.5. The number of carbonyl (C=O) groups is 2. The molecule has 2 heterocycles. The number of methoxy groups -OCH3 is 3. The number of anilines is 1. The Morgan fingerprint density at radius 2 is 1.97 bits per heavy atom. The molecule has 2 atom stereocenters. The summed E-state index contributed by atoms with van der Waals surface area (Å²) < 4.78 is 17.2. The Morgan fingerprint density at radius 1 is 1.21 bits per heavy atom. The molecule has 158 valence electrons. The highest BCUT2D eigenvalue weighted by atomic mass is 35.5. The minimum atomic E-state index is -0.535. The van der Waals surface area contributed by atoms with Crippen LogP contribution in [-0.4, -0.2) is 56.1 Å². The Bertz CT molecular complexity index is 885. The molecule has 10 heteroatoms. The van der Waals surface area contributed by atoms with Crippen LogP contribution in [0.2, 0.25) is 0 Å². The molecule has 3 rings (SSSR count). The van der Waals surface area contributed by atoms with E-state index >= 15 is 0 Å². The third-order valence-electron chi connectivity index (χ3n) is 4.86. The van der Waals surface area contributed by atoms with Crippen molar-refractivity contribution in [3.8, 4) is 11.5 Å². The molecule has 1 saturated heterocycles. The number of carbonyl (C=O) groups excluding carboxylic acids is 2. The number of nitrogens with one attached hydrogen (secondary N) is 2. The molecule has 1 fully saturated rings. The number of rotatable bonds is 6. The minimum absolute atomic E-state index is 0. The Kier molecular flexibility index (Phi) is 7.46. The highest BCUT2D eigenvalue weighted by Gasteiger charge is 2.35. The molecule has 0 radical (unpaired) electrons. The van der Waals surface area contributed by atoms with Gasteiger partial charge in [-0.2, -0.15) is 5.10 Å². The quantitative estimate of drug-likeness (QED) is 0.678. The van der Waals surface area contributed by atoms with Crippen LogP contribution in [0.3, 0.4) is 0 Å². The van der Waals surface area contributed by atoms with E-state index < -0.39 is 5.97 Å². The second-order valence-electron chi connectivity index (χ2n) is 6.56. The van der Waals surface area contributed by atoms with Crippen LogP contribution >= 0.6 is 12.4 Å². The summed E-state index contributed by atoms with van der Waals surface area (Å²) in [5, 5.41) is 10.3. The average molecular weight is 425 g/mol. The third kappa shape index (κ3) is 4.63. The minimum Gasteiger partial charge on any atom is -0.493 e. The van der Waals surface area contributed by atoms with E-state index in [1.807, 2.05) is 13.2 Å². The van der Waals surface area contributed by atoms with E-state index in [0.717, 1.165) is 5.56 Å². The Labute approximate surface area is 175 Å². The van der Waals surface area contributed by atoms with Gasteiger partial charge in [0.1, 0.15) is 0 Å². The SMILES string of the molecule is COC(=O)c1cc(NC(=O)[C@H]2CNC[C@@H]2c2cnn(C)c2)c(OC)c(OC)c1.Cl. The Hall–Kier alpha value is -2.78. The molecule has 2 N–H and O–H groups in total. The van der Waals surface area contributed by atoms with Gasteiger partial charge in [0.15, 0.2) is 11.5 Å². The van der Waals surface area contributed by atoms with Crippen molar-refractivity contribution >= 4 is 30.0 Å². The standard InChI is InChI=1S/C19H24N4O5.ClH/c1-23-10-12(7-21-23)13-8-20-9-14(13)18(24)22-15-5-11(19(25)28-4)6-16(26-2)17(15)27-3;/h5-7,10,13-14,20H,8-9H2,1-4H3,(H,22,24);1H/t13-,14+;/m1./s1. The van der Waals surface area contributed by atoms with Gasteiger partial charge in [0, 0.05) is 32.3 Å². The molecule has 1 aliphatic rings. The smallest absolute Gasteiger partial charge is 0.338 e. The normalized spacial score (nSPS) is 17.9. The molecular weight excluding hydrogens is 400 g/mol. The van der Waals surface area contributed by atoms with Gasteiger partial charge in [0.05, 0.1) is 44.7 Å². The van der Waals surface area contributed by atoms with E-state index in [1.165, 1.54) is 33.5 Å². The number of esters is 1. The lowest BCUT2D eigenvalue weighted by Crippen LogP contribution is -2.28. The maximum absolute atomic E-state index is 13.0. The third-order valence-corrected chi connectivity index (χ3v) is 4.86. The van der Waals surface area contributed by atoms with Gasteiger partial charge in [-0.25, -0.2) is 4.79 Å². The van der Waals surface area contributed by atoms with Gasteiger partial charge in [-0.1, -0.05) is 0 Å². The molecule has 9 nitrogen and oxygen atoms in total. The molecule has 0 spiro atoms. The molecule has 0 unspecified atom stereocenters. The predicted octanol–water partition coefficient (Wildman–Crippen LogP) is 1.59. The molecule has 0 saturated carbocycles. The number of nitrogens with zero attached hydrogens (tertiary/aromatic N) is 2. The molecule has 1 aliphatic heterocycles. The van der Waals surface area contributed by atoms with Gasteiger partial charge in [-0.05, 0) is 17.7 Å². The maximum atomic E-state index is 13.0. The van der Waals surface area contributed by atoms with Gasteiger partial charge >= 0.3 is 5.97 Å². The van der Waals surface area contributed by atoms with Crippen molar-refractivity contribution in [3.63, 3.8) is 0 Å². The number of benzene rings is 1. The zero-order chi connectivity index (χ0) is 20.3. The lowest BCUT2D eigenvalue weighted by atomic mass is 9.90. The van der Waals surface area contributed by atoms with Gasteiger partial charge in [-0.15, -0.1) is 12.4 Å². The lowest BCUT2D eigenvalue weighted by molar-refractivity contribution is -0.119. The van der Waals surface area contributed by atoms with Crippen LogP contribution in [0.15, 0.2) is 24.5 Å². The van der Waals surface area contributed by atoms with Crippen LogP contribution < -0.4 is 20.1 Å². The molecule has 1 aromatic carbocycles. The van der Waals surface area contributed by atoms with Crippen molar-refractivity contribution in [3.05, 3.63) is 35.7 Å². The van der Waals surface area contributed by atoms with E-state index in [1.54, 1.807) is 10.9 Å². The molecule has 2 aromatic rings. The summed E-state index contributed by atoms with van der Waals surface area (Å²) in [6.07, 6.45) is 3.69. The van der Waals surface area contributed by atoms with Crippen LogP contribution in [-0.2, 0) is 16.6 Å². The largest absolute Gasteiger partial charge is 0.493 e. The summed E-state index contributed by atoms with van der Waals surface area (Å²) in [5.41, 5.74) is 1.61. The summed E-state index contributed by atoms with van der Waals surface area (Å²) in [5.74, 6) is -0.332. The fourth-order valence-corrected chi connectivity index (χ4v) is 3.45. The van der Waals surface area contributed by atoms with Crippen molar-refractivity contribution in [2.75, 3.05) is 39.7 Å². The van der Waals surface area contributed by atoms with Gasteiger partial charge in [-0.3, -0.25) is 9.48 Å². The number of hydrogen-bond acceptors (Lipinski definition) is 7. The summed E-state index contributed by atoms with van der Waals surface area (Å²) in [4.78, 5) is 25.0. The Balaban J connectivity index is 0.00000300. The van der Waals surface area contributed by atoms with E-state index in [4.69, 9.17) is 14.2 Å². The zero-order valence-electron chi connectivity index (χ0n) is 16.7. The summed E-state index contributed by atoms with van der Waals surface area (Å²) in [6.45, 7) is 1.23. The van der Waals surface area contributed by atoms with Crippen LogP contribution in [0.1, 0.15) is 21.8 Å². The van der Waals surface area contributed by atoms with Gasteiger partial charge in [0.25, 0.3) is 0 Å². The van der Waals surface area contributed by atoms with E-state index in [9.17, 15) is 9.59 Å². The number of hydrogen-bond donors (Lipinski definition) is 2. The fourth-order valence-electron chi connectivity index (χ4n) is 3.45. The van der Waals surface area contributed by atoms with E-state index in [2.05, 4.69) is 15.7 Å². The molecular formula is C19H25ClN4O5. The van der Waals surface area contributed by atoms with Gasteiger partial charge < -0.3 is 24.8 Å². The number of halogens is 1. The van der Waals surface area contributed by atoms with Crippen molar-refractivity contribution in [2.45, 2.75) is 5.92 Å². The van der Waals surface area contributed by atoms with E-state index in [-0.39, 0.29) is 35.7 Å². The summed E-state index contributed by atoms with van der Waals surface area (Å²) in [6, 6.07) is 3.03. The molecule has 1 aromatic heterocycles. The Morgan fingerprint density at radius 3 is 2.55 bits per heavy atom. The first-order valence-corrected chi connectivity index (χ1v) is 8.83. The first kappa shape index (κ1) is 22.5. The topological polar surface area (TPSA) is 104 Å². The number of aromatic nitrogens is 2. The lowest BCUT2D eigenvalue weighted by Gasteiger charge is -2.19. The molecule has 1 amide bonds. The van der Waals surface area contributed by atoms with Crippen molar-refractivity contribution in [1.29, 1.82) is 0 Å². The predicted molar refractivity (Wildman–Crippen MR) is 109 cm³/mol. The summed E-state index contributed by atoms with van der Waals surface area (Å²) >= 11 is 0. The van der Waals surface area contributed by atoms with Crippen LogP contribution in [0.25, 0.3) is 0 Å². The number of amides is 1. The highest BCUT2D eigenvalue weighted by Crippen LogP contribution is 2.38. The number of ether oxygens (including phenoxy) is 3. The van der Waals surface area contributed by atoms with Crippen LogP contribution in [0, 0.1) is 5.92 Å². The first-order valence-electron chi connectivity index (χ1n) is 8.83. The first-order chi connectivity index (χ1) is 13.5. The molecule has 29 heavy (non-hydrogen) atoms. The average Bonchev–Trinajstić information content (AvgIpc) is 3.35. The maximum Gasteiger partial charge on any atom is 0.338 e. The van der Waals surface area contributed by atoms with Crippen molar-refractivity contribution < 1.29 is 23.8 Å². The highest BCUT2D eigenvalue weighted by molar-refractivity contribution is 5.98. The van der Waals surface area contributed by atoms with Crippen molar-refractivity contribution in [2.24, 2.45) is 13.0 Å². The monoisotopic (exact) mass is 424 g/mol. The van der Waals surface area contributed by atoms with Gasteiger partial charge in [0.2, 0.25) is 5.91 Å². The molecule has 0 bridgehead atoms.